The van der Waals surface area contributed by atoms with Crippen molar-refractivity contribution in [3.8, 4) is 0 Å². The molecule has 0 saturated heterocycles. The van der Waals surface area contributed by atoms with E-state index in [-0.39, 0.29) is 24.2 Å². The first-order chi connectivity index (χ1) is 11.6. The summed E-state index contributed by atoms with van der Waals surface area (Å²) in [6.45, 7) is 2.04. The van der Waals surface area contributed by atoms with Gasteiger partial charge in [0.2, 0.25) is 5.91 Å². The summed E-state index contributed by atoms with van der Waals surface area (Å²) in [5, 5.41) is 2.77. The lowest BCUT2D eigenvalue weighted by Gasteiger charge is -2.21. The predicted octanol–water partition coefficient (Wildman–Crippen LogP) is 4.55. The third kappa shape index (κ3) is 3.71. The minimum atomic E-state index is -0.367. The summed E-state index contributed by atoms with van der Waals surface area (Å²) in [5.41, 5.74) is 2.70. The Morgan fingerprint density at radius 2 is 1.83 bits per heavy atom. The zero-order chi connectivity index (χ0) is 16.9. The van der Waals surface area contributed by atoms with Crippen LogP contribution in [0.1, 0.15) is 23.6 Å². The molecule has 2 aromatic carbocycles. The number of halogens is 1. The summed E-state index contributed by atoms with van der Waals surface area (Å²) < 4.78 is 15.3. The van der Waals surface area contributed by atoms with Crippen LogP contribution >= 0.6 is 0 Å². The number of anilines is 1. The molecular weight excluding hydrogens is 303 g/mol. The summed E-state index contributed by atoms with van der Waals surface area (Å²) in [4.78, 5) is 12.5. The summed E-state index contributed by atoms with van der Waals surface area (Å²) in [6, 6.07) is 17.7. The standard InChI is InChI=1S/C20H19FN2O/c1-15-7-2-3-10-18(15)19(23-11-4-5-12-23)14-20(24)22-17-9-6-8-16(21)13-17/h2-13,19H,14H2,1H3,(H,22,24). The SMILES string of the molecule is Cc1ccccc1C(CC(=O)Nc1cccc(F)c1)n1cccc1. The van der Waals surface area contributed by atoms with Gasteiger partial charge in [0.25, 0.3) is 0 Å². The Hall–Kier alpha value is -2.88. The summed E-state index contributed by atoms with van der Waals surface area (Å²) in [5.74, 6) is -0.517. The van der Waals surface area contributed by atoms with Crippen LogP contribution in [0.2, 0.25) is 0 Å². The third-order valence-corrected chi connectivity index (χ3v) is 4.02. The van der Waals surface area contributed by atoms with Crippen LogP contribution in [-0.4, -0.2) is 10.5 Å². The molecule has 122 valence electrons. The van der Waals surface area contributed by atoms with Crippen LogP contribution in [0.3, 0.4) is 0 Å². The number of nitrogens with zero attached hydrogens (tertiary/aromatic N) is 1. The zero-order valence-corrected chi connectivity index (χ0v) is 13.4. The van der Waals surface area contributed by atoms with Crippen molar-refractivity contribution in [2.45, 2.75) is 19.4 Å². The van der Waals surface area contributed by atoms with Crippen molar-refractivity contribution in [3.05, 3.63) is 90.0 Å². The first kappa shape index (κ1) is 16.0. The molecule has 0 radical (unpaired) electrons. The van der Waals surface area contributed by atoms with Crippen molar-refractivity contribution in [2.24, 2.45) is 0 Å². The van der Waals surface area contributed by atoms with Crippen LogP contribution in [0.25, 0.3) is 0 Å². The van der Waals surface area contributed by atoms with Crippen LogP contribution in [-0.2, 0) is 4.79 Å². The van der Waals surface area contributed by atoms with Crippen molar-refractivity contribution < 1.29 is 9.18 Å². The molecule has 3 nitrogen and oxygen atoms in total. The average Bonchev–Trinajstić information content (AvgIpc) is 3.07. The Labute approximate surface area is 140 Å². The smallest absolute Gasteiger partial charge is 0.226 e. The van der Waals surface area contributed by atoms with E-state index in [0.717, 1.165) is 11.1 Å². The maximum Gasteiger partial charge on any atom is 0.226 e. The monoisotopic (exact) mass is 322 g/mol. The Morgan fingerprint density at radius 1 is 1.08 bits per heavy atom. The fourth-order valence-electron chi connectivity index (χ4n) is 2.85. The number of carbonyl (C=O) groups excluding carboxylic acids is 1. The highest BCUT2D eigenvalue weighted by Gasteiger charge is 2.19. The fourth-order valence-corrected chi connectivity index (χ4v) is 2.85. The van der Waals surface area contributed by atoms with E-state index in [9.17, 15) is 9.18 Å². The van der Waals surface area contributed by atoms with E-state index in [1.807, 2.05) is 60.3 Å². The van der Waals surface area contributed by atoms with Crippen LogP contribution in [0.5, 0.6) is 0 Å². The molecule has 0 aliphatic heterocycles. The minimum absolute atomic E-state index is 0.102. The predicted molar refractivity (Wildman–Crippen MR) is 93.4 cm³/mol. The van der Waals surface area contributed by atoms with E-state index < -0.39 is 0 Å². The van der Waals surface area contributed by atoms with Gasteiger partial charge < -0.3 is 9.88 Å². The quantitative estimate of drug-likeness (QED) is 0.734. The molecule has 0 aliphatic carbocycles. The van der Waals surface area contributed by atoms with Crippen LogP contribution in [0.15, 0.2) is 73.1 Å². The Kier molecular flexibility index (Phi) is 4.75. The number of hydrogen-bond donors (Lipinski definition) is 1. The molecule has 0 saturated carbocycles. The van der Waals surface area contributed by atoms with Gasteiger partial charge in [-0.3, -0.25) is 4.79 Å². The lowest BCUT2D eigenvalue weighted by Crippen LogP contribution is -2.20. The number of amides is 1. The van der Waals surface area contributed by atoms with Crippen LogP contribution < -0.4 is 5.32 Å². The second kappa shape index (κ2) is 7.13. The number of rotatable bonds is 5. The number of nitrogens with one attached hydrogen (secondary N) is 1. The highest BCUT2D eigenvalue weighted by molar-refractivity contribution is 5.91. The Bertz CT molecular complexity index is 827. The van der Waals surface area contributed by atoms with Crippen LogP contribution in [0.4, 0.5) is 10.1 Å². The number of aromatic nitrogens is 1. The van der Waals surface area contributed by atoms with Crippen molar-refractivity contribution in [2.75, 3.05) is 5.32 Å². The number of benzene rings is 2. The molecule has 1 amide bonds. The highest BCUT2D eigenvalue weighted by atomic mass is 19.1. The molecule has 0 bridgehead atoms. The maximum atomic E-state index is 13.3. The lowest BCUT2D eigenvalue weighted by atomic mass is 9.98. The summed E-state index contributed by atoms with van der Waals surface area (Å²) >= 11 is 0. The van der Waals surface area contributed by atoms with Gasteiger partial charge in [-0.25, -0.2) is 4.39 Å². The van der Waals surface area contributed by atoms with Gasteiger partial charge in [-0.15, -0.1) is 0 Å². The van der Waals surface area contributed by atoms with Crippen molar-refractivity contribution in [1.82, 2.24) is 4.57 Å². The van der Waals surface area contributed by atoms with Gasteiger partial charge in [-0.2, -0.15) is 0 Å². The maximum absolute atomic E-state index is 13.3. The Balaban J connectivity index is 1.82. The van der Waals surface area contributed by atoms with E-state index in [4.69, 9.17) is 0 Å². The average molecular weight is 322 g/mol. The zero-order valence-electron chi connectivity index (χ0n) is 13.4. The summed E-state index contributed by atoms with van der Waals surface area (Å²) in [7, 11) is 0. The van der Waals surface area contributed by atoms with Gasteiger partial charge in [0, 0.05) is 18.1 Å². The molecule has 1 atom stereocenters. The van der Waals surface area contributed by atoms with E-state index in [2.05, 4.69) is 5.32 Å². The van der Waals surface area contributed by atoms with E-state index in [1.165, 1.54) is 12.1 Å². The topological polar surface area (TPSA) is 34.0 Å². The second-order valence-electron chi connectivity index (χ2n) is 5.77. The molecule has 1 aromatic heterocycles. The van der Waals surface area contributed by atoms with Crippen molar-refractivity contribution >= 4 is 11.6 Å². The molecule has 1 unspecified atom stereocenters. The number of hydrogen-bond acceptors (Lipinski definition) is 1. The van der Waals surface area contributed by atoms with Gasteiger partial charge in [-0.05, 0) is 48.4 Å². The van der Waals surface area contributed by atoms with E-state index in [0.29, 0.717) is 5.69 Å². The third-order valence-electron chi connectivity index (χ3n) is 4.02. The first-order valence-electron chi connectivity index (χ1n) is 7.87. The first-order valence-corrected chi connectivity index (χ1v) is 7.87. The van der Waals surface area contributed by atoms with Gasteiger partial charge >= 0.3 is 0 Å². The summed E-state index contributed by atoms with van der Waals surface area (Å²) in [6.07, 6.45) is 4.18. The van der Waals surface area contributed by atoms with Gasteiger partial charge in [0.15, 0.2) is 0 Å². The molecule has 3 rings (SSSR count). The van der Waals surface area contributed by atoms with Gasteiger partial charge in [-0.1, -0.05) is 30.3 Å². The largest absolute Gasteiger partial charge is 0.346 e. The van der Waals surface area contributed by atoms with Crippen LogP contribution in [0, 0.1) is 12.7 Å². The molecule has 0 aliphatic rings. The lowest BCUT2D eigenvalue weighted by molar-refractivity contribution is -0.116. The van der Waals surface area contributed by atoms with E-state index >= 15 is 0 Å². The minimum Gasteiger partial charge on any atom is -0.346 e. The molecule has 0 spiro atoms. The molecule has 3 aromatic rings. The Morgan fingerprint density at radius 3 is 2.54 bits per heavy atom. The molecule has 4 heteroatoms. The second-order valence-corrected chi connectivity index (χ2v) is 5.77. The number of carbonyl (C=O) groups is 1. The normalized spacial score (nSPS) is 11.9. The molecule has 1 N–H and O–H groups in total. The number of aryl methyl sites for hydroxylation is 1. The highest BCUT2D eigenvalue weighted by Crippen LogP contribution is 2.26. The van der Waals surface area contributed by atoms with Crippen molar-refractivity contribution in [1.29, 1.82) is 0 Å². The molecule has 0 fully saturated rings. The van der Waals surface area contributed by atoms with Crippen molar-refractivity contribution in [3.63, 3.8) is 0 Å². The van der Waals surface area contributed by atoms with Gasteiger partial charge in [0.05, 0.1) is 12.5 Å². The fraction of sp³-hybridized carbons (Fsp3) is 0.150. The molecule has 1 heterocycles. The molecule has 24 heavy (non-hydrogen) atoms. The molecular formula is C20H19FN2O. The van der Waals surface area contributed by atoms with E-state index in [1.54, 1.807) is 12.1 Å². The van der Waals surface area contributed by atoms with Gasteiger partial charge in [0.1, 0.15) is 5.82 Å².